The zero-order valence-electron chi connectivity index (χ0n) is 45.6. The van der Waals surface area contributed by atoms with Gasteiger partial charge in [0.25, 0.3) is 0 Å². The highest BCUT2D eigenvalue weighted by molar-refractivity contribution is 5.73. The quantitative estimate of drug-likeness (QED) is 0.0203. The van der Waals surface area contributed by atoms with Gasteiger partial charge >= 0.3 is 11.9 Å². The maximum Gasteiger partial charge on any atom is 0.308 e. The third kappa shape index (κ3) is 36.4. The molecule has 0 saturated heterocycles. The summed E-state index contributed by atoms with van der Waals surface area (Å²) in [6, 6.07) is 0. The predicted molar refractivity (Wildman–Crippen MR) is 277 cm³/mol. The Hall–Kier alpha value is -2.20. The molecule has 0 bridgehead atoms. The van der Waals surface area contributed by atoms with E-state index in [1.165, 1.54) is 25.0 Å². The number of carboxylic acid groups (broad SMARTS) is 1. The SMILES string of the molecule is CC(C)=CCC[C@@](C)(O)CCC[C@@](C)(O)CCC[C@@](C)(O)CCC[C@@](C)(O)CCC[C@@](C)(O)CCC[C@@](C)(O)CCC/C(C)=C/CC/C(C)=C/CC[C@@](C)(O)[C@H](O)COC(=O)C[C@@](C)(O)CC(=O)O. The largest absolute Gasteiger partial charge is 0.481 e. The minimum absolute atomic E-state index is 0.227. The highest BCUT2D eigenvalue weighted by Gasteiger charge is 2.34. The zero-order valence-corrected chi connectivity index (χ0v) is 45.6. The first-order chi connectivity index (χ1) is 31.4. The molecule has 0 radical (unpaired) electrons. The van der Waals surface area contributed by atoms with E-state index in [-0.39, 0.29) is 6.42 Å². The van der Waals surface area contributed by atoms with Crippen LogP contribution in [0.25, 0.3) is 0 Å². The van der Waals surface area contributed by atoms with E-state index in [1.807, 2.05) is 54.5 Å². The summed E-state index contributed by atoms with van der Waals surface area (Å²) in [5.74, 6) is -2.12. The zero-order chi connectivity index (χ0) is 53.4. The molecule has 69 heavy (non-hydrogen) atoms. The van der Waals surface area contributed by atoms with E-state index < -0.39 is 82.3 Å². The van der Waals surface area contributed by atoms with E-state index in [0.717, 1.165) is 44.1 Å². The summed E-state index contributed by atoms with van der Waals surface area (Å²) in [6.07, 6.45) is 19.2. The number of aliphatic carboxylic acids is 1. The number of hydrogen-bond acceptors (Lipinski definition) is 12. The number of aliphatic hydroxyl groups is 9. The second-order valence-electron chi connectivity index (χ2n) is 23.9. The van der Waals surface area contributed by atoms with Crippen LogP contribution in [-0.2, 0) is 14.3 Å². The Kier molecular flexibility index (Phi) is 29.8. The number of esters is 1. The first-order valence-electron chi connectivity index (χ1n) is 26.2. The average Bonchev–Trinajstić information content (AvgIpc) is 3.14. The minimum Gasteiger partial charge on any atom is -0.481 e. The number of allylic oxidation sites excluding steroid dienone is 6. The third-order valence-electron chi connectivity index (χ3n) is 14.0. The summed E-state index contributed by atoms with van der Waals surface area (Å²) in [6.45, 7) is 21.4. The van der Waals surface area contributed by atoms with Gasteiger partial charge in [-0.2, -0.15) is 0 Å². The number of aliphatic hydroxyl groups excluding tert-OH is 1. The smallest absolute Gasteiger partial charge is 0.308 e. The lowest BCUT2D eigenvalue weighted by molar-refractivity contribution is -0.159. The van der Waals surface area contributed by atoms with Crippen LogP contribution >= 0.6 is 0 Å². The molecule has 9 atom stereocenters. The molecule has 0 aromatic carbocycles. The Morgan fingerprint density at radius 1 is 0.435 bits per heavy atom. The van der Waals surface area contributed by atoms with E-state index in [2.05, 4.69) is 32.9 Å². The van der Waals surface area contributed by atoms with Crippen LogP contribution in [0, 0.1) is 0 Å². The van der Waals surface area contributed by atoms with Crippen LogP contribution in [0.4, 0.5) is 0 Å². The van der Waals surface area contributed by atoms with Crippen LogP contribution in [0.5, 0.6) is 0 Å². The predicted octanol–water partition coefficient (Wildman–Crippen LogP) is 9.98. The minimum atomic E-state index is -1.78. The Morgan fingerprint density at radius 2 is 0.768 bits per heavy atom. The Bertz CT molecular complexity index is 1560. The van der Waals surface area contributed by atoms with E-state index in [4.69, 9.17) is 9.84 Å². The number of rotatable bonds is 40. The van der Waals surface area contributed by atoms with Gasteiger partial charge < -0.3 is 55.8 Å². The molecule has 0 unspecified atom stereocenters. The molecular weight excluding hydrogens is 881 g/mol. The van der Waals surface area contributed by atoms with Gasteiger partial charge in [-0.05, 0) is 237 Å². The van der Waals surface area contributed by atoms with Gasteiger partial charge in [0.05, 0.1) is 57.7 Å². The Labute approximate surface area is 418 Å². The molecule has 0 heterocycles. The maximum atomic E-state index is 12.0. The fraction of sp³-hybridized carbons (Fsp3) is 0.857. The summed E-state index contributed by atoms with van der Waals surface area (Å²) in [7, 11) is 0. The first kappa shape index (κ1) is 66.8. The molecule has 406 valence electrons. The first-order valence-corrected chi connectivity index (χ1v) is 26.2. The van der Waals surface area contributed by atoms with Gasteiger partial charge in [-0.3, -0.25) is 9.59 Å². The molecule has 0 aromatic heterocycles. The molecule has 0 spiro atoms. The van der Waals surface area contributed by atoms with Crippen molar-refractivity contribution in [2.24, 2.45) is 0 Å². The van der Waals surface area contributed by atoms with Crippen LogP contribution < -0.4 is 0 Å². The van der Waals surface area contributed by atoms with Gasteiger partial charge in [0, 0.05) is 0 Å². The van der Waals surface area contributed by atoms with Crippen molar-refractivity contribution in [1.29, 1.82) is 0 Å². The highest BCUT2D eigenvalue weighted by Crippen LogP contribution is 2.32. The van der Waals surface area contributed by atoms with Crippen molar-refractivity contribution in [3.05, 3.63) is 34.9 Å². The lowest BCUT2D eigenvalue weighted by Crippen LogP contribution is -2.43. The summed E-state index contributed by atoms with van der Waals surface area (Å²) in [5.41, 5.74) is -4.84. The third-order valence-corrected chi connectivity index (χ3v) is 14.0. The molecule has 0 amide bonds. The average molecular weight is 985 g/mol. The van der Waals surface area contributed by atoms with E-state index >= 15 is 0 Å². The summed E-state index contributed by atoms with van der Waals surface area (Å²) in [5, 5.41) is 106. The molecule has 13 nitrogen and oxygen atoms in total. The number of ether oxygens (including phenoxy) is 1. The molecule has 0 fully saturated rings. The van der Waals surface area contributed by atoms with Crippen molar-refractivity contribution >= 4 is 11.9 Å². The van der Waals surface area contributed by atoms with E-state index in [1.54, 1.807) is 0 Å². The molecule has 0 aliphatic rings. The van der Waals surface area contributed by atoms with Crippen molar-refractivity contribution in [3.8, 4) is 0 Å². The molecular formula is C56H104O13. The number of hydrogen-bond donors (Lipinski definition) is 10. The van der Waals surface area contributed by atoms with E-state index in [0.29, 0.717) is 109 Å². The number of carbonyl (C=O) groups excluding carboxylic acids is 1. The standard InChI is InChI=1S/C56H104O13/c1-43(2)22-14-27-49(5,61)29-17-31-51(7,63)33-19-35-53(9,65)37-21-38-54(10,66)36-20-34-52(8,64)32-18-30-50(6,62)28-15-25-44(3)23-13-24-45(4)26-16-39-56(12,68)46(57)42-69-48(60)41-55(11,67)40-47(58)59/h22-23,26,46,57,61-68H,13-21,24-25,27-42H2,1-12H3,(H,58,59)/b44-23+,45-26+/t46-,49-,50+,51-,52+,53-,54+,55+,56-/m1/s1. The molecule has 0 aromatic rings. The second-order valence-corrected chi connectivity index (χ2v) is 23.9. The monoisotopic (exact) mass is 985 g/mol. The molecule has 10 N–H and O–H groups in total. The number of carboxylic acids is 1. The highest BCUT2D eigenvalue weighted by atomic mass is 16.5. The van der Waals surface area contributed by atoms with Crippen molar-refractivity contribution in [2.75, 3.05) is 6.61 Å². The normalized spacial score (nSPS) is 20.1. The Morgan fingerprint density at radius 3 is 1.14 bits per heavy atom. The van der Waals surface area contributed by atoms with Gasteiger partial charge in [-0.15, -0.1) is 0 Å². The van der Waals surface area contributed by atoms with Crippen LogP contribution in [0.3, 0.4) is 0 Å². The van der Waals surface area contributed by atoms with Crippen LogP contribution in [0.2, 0.25) is 0 Å². The lowest BCUT2D eigenvalue weighted by Gasteiger charge is -2.30. The molecule has 0 aliphatic heterocycles. The van der Waals surface area contributed by atoms with Gasteiger partial charge in [0.2, 0.25) is 0 Å². The fourth-order valence-corrected chi connectivity index (χ4v) is 9.05. The molecule has 13 heteroatoms. The molecule has 0 rings (SSSR count). The summed E-state index contributed by atoms with van der Waals surface area (Å²) < 4.78 is 4.98. The molecule has 0 saturated carbocycles. The van der Waals surface area contributed by atoms with Crippen LogP contribution in [0.15, 0.2) is 34.9 Å². The van der Waals surface area contributed by atoms with Crippen LogP contribution in [0.1, 0.15) is 250 Å². The van der Waals surface area contributed by atoms with Gasteiger partial charge in [-0.1, -0.05) is 34.9 Å². The van der Waals surface area contributed by atoms with Gasteiger partial charge in [0.15, 0.2) is 0 Å². The Balaban J connectivity index is 4.47. The van der Waals surface area contributed by atoms with Crippen molar-refractivity contribution in [1.82, 2.24) is 0 Å². The van der Waals surface area contributed by atoms with E-state index in [9.17, 15) is 55.5 Å². The topological polar surface area (TPSA) is 246 Å². The summed E-state index contributed by atoms with van der Waals surface area (Å²) >= 11 is 0. The lowest BCUT2D eigenvalue weighted by atomic mass is 9.83. The second kappa shape index (κ2) is 30.7. The maximum absolute atomic E-state index is 12.0. The van der Waals surface area contributed by atoms with Crippen molar-refractivity contribution in [3.63, 3.8) is 0 Å². The van der Waals surface area contributed by atoms with Gasteiger partial charge in [-0.25, -0.2) is 0 Å². The van der Waals surface area contributed by atoms with Crippen LogP contribution in [-0.4, -0.2) is 121 Å². The van der Waals surface area contributed by atoms with Crippen molar-refractivity contribution < 1.29 is 65.4 Å². The van der Waals surface area contributed by atoms with Gasteiger partial charge in [0.1, 0.15) is 12.7 Å². The molecule has 0 aliphatic carbocycles. The fourth-order valence-electron chi connectivity index (χ4n) is 9.05. The summed E-state index contributed by atoms with van der Waals surface area (Å²) in [4.78, 5) is 22.9. The number of carbonyl (C=O) groups is 2. The van der Waals surface area contributed by atoms with Crippen molar-refractivity contribution in [2.45, 2.75) is 301 Å².